The Hall–Kier alpha value is -1.57. The van der Waals surface area contributed by atoms with Gasteiger partial charge in [0.1, 0.15) is 11.1 Å². The Morgan fingerprint density at radius 2 is 2.30 bits per heavy atom. The van der Waals surface area contributed by atoms with Crippen molar-refractivity contribution < 1.29 is 13.9 Å². The molecule has 4 rings (SSSR count). The quantitative estimate of drug-likeness (QED) is 0.859. The summed E-state index contributed by atoms with van der Waals surface area (Å²) in [5, 5.41) is 3.07. The van der Waals surface area contributed by atoms with E-state index in [0.717, 1.165) is 30.9 Å². The molecule has 2 aliphatic rings. The van der Waals surface area contributed by atoms with Crippen molar-refractivity contribution in [2.24, 2.45) is 0 Å². The van der Waals surface area contributed by atoms with Gasteiger partial charge in [-0.05, 0) is 25.0 Å². The molecule has 0 aromatic carbocycles. The molecule has 2 aromatic rings. The monoisotopic (exact) mass is 335 g/mol. The maximum atomic E-state index is 13.9. The van der Waals surface area contributed by atoms with Crippen molar-refractivity contribution in [3.63, 3.8) is 0 Å². The summed E-state index contributed by atoms with van der Waals surface area (Å²) in [6, 6.07) is 3.14. The molecule has 0 amide bonds. The summed E-state index contributed by atoms with van der Waals surface area (Å²) in [4.78, 5) is 10.7. The molecule has 2 aromatic heterocycles. The highest BCUT2D eigenvalue weighted by atomic mass is 32.1. The summed E-state index contributed by atoms with van der Waals surface area (Å²) in [6.45, 7) is 2.28. The van der Waals surface area contributed by atoms with Gasteiger partial charge in [-0.3, -0.25) is 4.90 Å². The minimum atomic E-state index is -0.428. The van der Waals surface area contributed by atoms with Crippen molar-refractivity contribution in [1.82, 2.24) is 14.9 Å². The fourth-order valence-electron chi connectivity index (χ4n) is 3.41. The Morgan fingerprint density at radius 1 is 1.35 bits per heavy atom. The summed E-state index contributed by atoms with van der Waals surface area (Å²) in [7, 11) is 0. The molecule has 0 radical (unpaired) electrons. The number of fused-ring (bicyclic) bond motifs is 2. The first kappa shape index (κ1) is 15.0. The largest absolute Gasteiger partial charge is 0.468 e. The van der Waals surface area contributed by atoms with Gasteiger partial charge in [-0.2, -0.15) is 0 Å². The molecule has 1 saturated carbocycles. The lowest BCUT2D eigenvalue weighted by Crippen LogP contribution is -2.44. The van der Waals surface area contributed by atoms with Crippen molar-refractivity contribution in [3.8, 4) is 5.88 Å². The van der Waals surface area contributed by atoms with Gasteiger partial charge in [-0.1, -0.05) is 0 Å². The Kier molecular flexibility index (Phi) is 4.24. The first-order valence-corrected chi connectivity index (χ1v) is 8.70. The number of hydrogen-bond acceptors (Lipinski definition) is 6. The molecule has 122 valence electrons. The zero-order valence-electron chi connectivity index (χ0n) is 12.6. The SMILES string of the molecule is Fc1cccnc1OC1C2CCC1N(Cc1nccs1)CCO2. The average molecular weight is 335 g/mol. The van der Waals surface area contributed by atoms with Crippen LogP contribution in [-0.2, 0) is 11.3 Å². The van der Waals surface area contributed by atoms with E-state index < -0.39 is 5.82 Å². The average Bonchev–Trinajstić information content (AvgIpc) is 3.14. The minimum absolute atomic E-state index is 0.00250. The second kappa shape index (κ2) is 6.51. The Morgan fingerprint density at radius 3 is 3.13 bits per heavy atom. The second-order valence-electron chi connectivity index (χ2n) is 5.82. The van der Waals surface area contributed by atoms with E-state index in [-0.39, 0.29) is 24.1 Å². The van der Waals surface area contributed by atoms with Crippen LogP contribution < -0.4 is 4.74 Å². The van der Waals surface area contributed by atoms with E-state index in [4.69, 9.17) is 9.47 Å². The number of hydrogen-bond donors (Lipinski definition) is 0. The van der Waals surface area contributed by atoms with E-state index in [2.05, 4.69) is 14.9 Å². The topological polar surface area (TPSA) is 47.5 Å². The van der Waals surface area contributed by atoms with Crippen LogP contribution in [0.3, 0.4) is 0 Å². The lowest BCUT2D eigenvalue weighted by Gasteiger charge is -2.30. The van der Waals surface area contributed by atoms with E-state index in [1.165, 1.54) is 6.07 Å². The van der Waals surface area contributed by atoms with Crippen LogP contribution in [0.5, 0.6) is 5.88 Å². The van der Waals surface area contributed by atoms with Gasteiger partial charge in [0.2, 0.25) is 0 Å². The van der Waals surface area contributed by atoms with Crippen LogP contribution in [-0.4, -0.2) is 46.3 Å². The molecule has 0 N–H and O–H groups in total. The zero-order valence-corrected chi connectivity index (χ0v) is 13.4. The van der Waals surface area contributed by atoms with Gasteiger partial charge in [-0.25, -0.2) is 14.4 Å². The Bertz CT molecular complexity index is 655. The van der Waals surface area contributed by atoms with Gasteiger partial charge in [0, 0.05) is 30.4 Å². The third-order valence-corrected chi connectivity index (χ3v) is 5.23. The van der Waals surface area contributed by atoms with Gasteiger partial charge in [-0.15, -0.1) is 11.3 Å². The highest BCUT2D eigenvalue weighted by molar-refractivity contribution is 7.09. The van der Waals surface area contributed by atoms with Crippen molar-refractivity contribution in [3.05, 3.63) is 40.7 Å². The number of halogens is 1. The first-order valence-electron chi connectivity index (χ1n) is 7.82. The molecule has 3 atom stereocenters. The molecule has 1 saturated heterocycles. The molecule has 5 nitrogen and oxygen atoms in total. The van der Waals surface area contributed by atoms with Crippen LogP contribution in [0.4, 0.5) is 4.39 Å². The summed E-state index contributed by atoms with van der Waals surface area (Å²) >= 11 is 1.65. The van der Waals surface area contributed by atoms with E-state index >= 15 is 0 Å². The molecule has 1 aliphatic heterocycles. The van der Waals surface area contributed by atoms with E-state index in [9.17, 15) is 4.39 Å². The molecule has 2 bridgehead atoms. The van der Waals surface area contributed by atoms with E-state index in [0.29, 0.717) is 6.61 Å². The Balaban J connectivity index is 1.55. The number of nitrogens with zero attached hydrogens (tertiary/aromatic N) is 3. The van der Waals surface area contributed by atoms with Gasteiger partial charge in [0.25, 0.3) is 5.88 Å². The van der Waals surface area contributed by atoms with Gasteiger partial charge >= 0.3 is 0 Å². The number of rotatable bonds is 4. The lowest BCUT2D eigenvalue weighted by atomic mass is 10.1. The standard InChI is InChI=1S/C16H18FN3O2S/c17-11-2-1-5-19-16(11)22-15-12-3-4-13(15)21-8-7-20(12)10-14-18-6-9-23-14/h1-2,5-6,9,12-13,15H,3-4,7-8,10H2. The molecule has 2 fully saturated rings. The fraction of sp³-hybridized carbons (Fsp3) is 0.500. The number of pyridine rings is 1. The summed E-state index contributed by atoms with van der Waals surface area (Å²) < 4.78 is 25.7. The van der Waals surface area contributed by atoms with Crippen molar-refractivity contribution in [2.45, 2.75) is 37.6 Å². The molecule has 0 spiro atoms. The normalized spacial score (nSPS) is 27.8. The van der Waals surface area contributed by atoms with E-state index in [1.54, 1.807) is 23.6 Å². The van der Waals surface area contributed by atoms with Gasteiger partial charge < -0.3 is 9.47 Å². The van der Waals surface area contributed by atoms with Crippen molar-refractivity contribution in [1.29, 1.82) is 0 Å². The molecule has 1 aliphatic carbocycles. The summed E-state index contributed by atoms with van der Waals surface area (Å²) in [6.07, 6.45) is 5.09. The maximum Gasteiger partial charge on any atom is 0.250 e. The molecule has 3 unspecified atom stereocenters. The molecule has 23 heavy (non-hydrogen) atoms. The zero-order chi connectivity index (χ0) is 15.6. The number of ether oxygens (including phenoxy) is 2. The van der Waals surface area contributed by atoms with Crippen LogP contribution in [0.15, 0.2) is 29.9 Å². The predicted octanol–water partition coefficient (Wildman–Crippen LogP) is 2.49. The van der Waals surface area contributed by atoms with Crippen molar-refractivity contribution in [2.75, 3.05) is 13.2 Å². The fourth-order valence-corrected chi connectivity index (χ4v) is 4.05. The third-order valence-electron chi connectivity index (χ3n) is 4.47. The Labute approximate surface area is 138 Å². The predicted molar refractivity (Wildman–Crippen MR) is 83.9 cm³/mol. The first-order chi connectivity index (χ1) is 11.3. The maximum absolute atomic E-state index is 13.9. The smallest absolute Gasteiger partial charge is 0.250 e. The lowest BCUT2D eigenvalue weighted by molar-refractivity contribution is 0.000138. The van der Waals surface area contributed by atoms with E-state index in [1.807, 2.05) is 11.6 Å². The van der Waals surface area contributed by atoms with Crippen LogP contribution in [0, 0.1) is 5.82 Å². The van der Waals surface area contributed by atoms with Crippen LogP contribution >= 0.6 is 11.3 Å². The third kappa shape index (κ3) is 3.08. The minimum Gasteiger partial charge on any atom is -0.468 e. The highest BCUT2D eigenvalue weighted by Crippen LogP contribution is 2.33. The van der Waals surface area contributed by atoms with Crippen molar-refractivity contribution >= 4 is 11.3 Å². The van der Waals surface area contributed by atoms with Crippen LogP contribution in [0.25, 0.3) is 0 Å². The molecular formula is C16H18FN3O2S. The van der Waals surface area contributed by atoms with Crippen LogP contribution in [0.2, 0.25) is 0 Å². The highest BCUT2D eigenvalue weighted by Gasteiger charge is 2.44. The number of thiazole rings is 1. The summed E-state index contributed by atoms with van der Waals surface area (Å²) in [5.74, 6) is -0.364. The van der Waals surface area contributed by atoms with Crippen LogP contribution in [0.1, 0.15) is 17.8 Å². The van der Waals surface area contributed by atoms with Gasteiger partial charge in [0.15, 0.2) is 5.82 Å². The number of aromatic nitrogens is 2. The summed E-state index contributed by atoms with van der Waals surface area (Å²) in [5.41, 5.74) is 0. The molecular weight excluding hydrogens is 317 g/mol. The molecule has 3 heterocycles. The second-order valence-corrected chi connectivity index (χ2v) is 6.80. The van der Waals surface area contributed by atoms with Gasteiger partial charge in [0.05, 0.1) is 19.3 Å². The molecule has 7 heteroatoms.